The Morgan fingerprint density at radius 2 is 1.86 bits per heavy atom. The van der Waals surface area contributed by atoms with Crippen LogP contribution in [-0.4, -0.2) is 25.1 Å². The Morgan fingerprint density at radius 1 is 1.23 bits per heavy atom. The Morgan fingerprint density at radius 3 is 2.41 bits per heavy atom. The maximum atomic E-state index is 13.5. The van der Waals surface area contributed by atoms with Crippen molar-refractivity contribution in [3.63, 3.8) is 0 Å². The third-order valence-electron chi connectivity index (χ3n) is 2.81. The lowest BCUT2D eigenvalue weighted by Crippen LogP contribution is -2.29. The van der Waals surface area contributed by atoms with Crippen LogP contribution in [0.4, 0.5) is 8.78 Å². The lowest BCUT2D eigenvalue weighted by molar-refractivity contribution is 0.172. The summed E-state index contributed by atoms with van der Waals surface area (Å²) in [6, 6.07) is 5.58. The first-order chi connectivity index (χ1) is 10.3. The van der Waals surface area contributed by atoms with Crippen molar-refractivity contribution >= 4 is 21.6 Å². The van der Waals surface area contributed by atoms with E-state index in [1.54, 1.807) is 0 Å². The summed E-state index contributed by atoms with van der Waals surface area (Å²) in [5.74, 6) is -1.92. The molecule has 2 aromatic rings. The molecule has 0 saturated carbocycles. The molecule has 2 rings (SSSR count). The Kier molecular flexibility index (Phi) is 5.07. The molecule has 0 aliphatic carbocycles. The minimum Gasteiger partial charge on any atom is -0.387 e. The first kappa shape index (κ1) is 16.8. The van der Waals surface area contributed by atoms with Gasteiger partial charge in [-0.15, -0.1) is 0 Å². The summed E-state index contributed by atoms with van der Waals surface area (Å²) >= 11 is 5.55. The van der Waals surface area contributed by atoms with E-state index in [2.05, 4.69) is 9.71 Å². The van der Waals surface area contributed by atoms with Crippen LogP contribution in [0.5, 0.6) is 0 Å². The van der Waals surface area contributed by atoms with E-state index in [0.29, 0.717) is 0 Å². The number of aromatic nitrogens is 1. The molecule has 0 radical (unpaired) electrons. The molecule has 0 aliphatic rings. The first-order valence-electron chi connectivity index (χ1n) is 6.04. The van der Waals surface area contributed by atoms with E-state index in [-0.39, 0.29) is 10.0 Å². The summed E-state index contributed by atoms with van der Waals surface area (Å²) in [4.78, 5) is 3.44. The van der Waals surface area contributed by atoms with Gasteiger partial charge in [0, 0.05) is 12.7 Å². The lowest BCUT2D eigenvalue weighted by atomic mass is 10.1. The highest BCUT2D eigenvalue weighted by Gasteiger charge is 2.21. The number of sulfonamides is 1. The molecule has 5 nitrogen and oxygen atoms in total. The van der Waals surface area contributed by atoms with Crippen molar-refractivity contribution in [2.75, 3.05) is 6.54 Å². The third-order valence-corrected chi connectivity index (χ3v) is 4.44. The maximum absolute atomic E-state index is 13.5. The van der Waals surface area contributed by atoms with Crippen LogP contribution < -0.4 is 4.72 Å². The highest BCUT2D eigenvalue weighted by molar-refractivity contribution is 7.89. The molecule has 0 bridgehead atoms. The summed E-state index contributed by atoms with van der Waals surface area (Å²) in [5, 5.41) is 9.91. The van der Waals surface area contributed by atoms with E-state index in [1.165, 1.54) is 12.1 Å². The number of nitrogens with one attached hydrogen (secondary N) is 1. The molecular formula is C13H11ClF2N2O3S. The average molecular weight is 349 g/mol. The molecule has 0 fully saturated rings. The average Bonchev–Trinajstić information content (AvgIpc) is 2.45. The molecule has 1 aromatic heterocycles. The van der Waals surface area contributed by atoms with Gasteiger partial charge in [0.05, 0.1) is 11.7 Å². The van der Waals surface area contributed by atoms with Crippen molar-refractivity contribution in [1.29, 1.82) is 0 Å². The van der Waals surface area contributed by atoms with E-state index in [4.69, 9.17) is 11.6 Å². The summed E-state index contributed by atoms with van der Waals surface area (Å²) in [7, 11) is -3.98. The quantitative estimate of drug-likeness (QED) is 0.810. The Hall–Kier alpha value is -1.61. The van der Waals surface area contributed by atoms with E-state index in [0.717, 1.165) is 24.4 Å². The lowest BCUT2D eigenvalue weighted by Gasteiger charge is -2.14. The van der Waals surface area contributed by atoms with E-state index in [1.807, 2.05) is 0 Å². The number of hydrogen-bond donors (Lipinski definition) is 2. The molecular weight excluding hydrogens is 338 g/mol. The van der Waals surface area contributed by atoms with Crippen molar-refractivity contribution < 1.29 is 22.3 Å². The molecule has 0 spiro atoms. The number of halogens is 3. The number of aliphatic hydroxyl groups is 1. The van der Waals surface area contributed by atoms with Gasteiger partial charge in [-0.05, 0) is 24.3 Å². The van der Waals surface area contributed by atoms with Crippen molar-refractivity contribution in [2.45, 2.75) is 11.0 Å². The van der Waals surface area contributed by atoms with Gasteiger partial charge in [-0.1, -0.05) is 17.7 Å². The second-order valence-electron chi connectivity index (χ2n) is 4.32. The van der Waals surface area contributed by atoms with Crippen molar-refractivity contribution in [2.24, 2.45) is 0 Å². The van der Waals surface area contributed by atoms with Crippen LogP contribution in [0.15, 0.2) is 41.4 Å². The van der Waals surface area contributed by atoms with Gasteiger partial charge in [0.1, 0.15) is 21.7 Å². The van der Waals surface area contributed by atoms with Crippen LogP contribution >= 0.6 is 11.6 Å². The molecule has 1 heterocycles. The monoisotopic (exact) mass is 348 g/mol. The van der Waals surface area contributed by atoms with E-state index >= 15 is 0 Å². The molecule has 0 amide bonds. The first-order valence-corrected chi connectivity index (χ1v) is 7.90. The van der Waals surface area contributed by atoms with Gasteiger partial charge in [-0.2, -0.15) is 0 Å². The van der Waals surface area contributed by atoms with Crippen LogP contribution in [0.25, 0.3) is 0 Å². The van der Waals surface area contributed by atoms with Gasteiger partial charge >= 0.3 is 0 Å². The fraction of sp³-hybridized carbons (Fsp3) is 0.154. The summed E-state index contributed by atoms with van der Waals surface area (Å²) in [6.07, 6.45) is -0.642. The van der Waals surface area contributed by atoms with Gasteiger partial charge < -0.3 is 5.11 Å². The minimum absolute atomic E-state index is 0.118. The molecule has 1 aromatic carbocycles. The largest absolute Gasteiger partial charge is 0.387 e. The van der Waals surface area contributed by atoms with E-state index in [9.17, 15) is 22.3 Å². The van der Waals surface area contributed by atoms with Gasteiger partial charge in [-0.25, -0.2) is 26.9 Å². The van der Waals surface area contributed by atoms with Crippen molar-refractivity contribution in [1.82, 2.24) is 9.71 Å². The van der Waals surface area contributed by atoms with Crippen LogP contribution in [0, 0.1) is 11.6 Å². The molecule has 2 N–H and O–H groups in total. The number of nitrogens with zero attached hydrogens (tertiary/aromatic N) is 1. The zero-order valence-corrected chi connectivity index (χ0v) is 12.6. The fourth-order valence-corrected chi connectivity index (χ4v) is 2.82. The predicted molar refractivity (Wildman–Crippen MR) is 75.8 cm³/mol. The number of pyridine rings is 1. The molecule has 9 heteroatoms. The fourth-order valence-electron chi connectivity index (χ4n) is 1.72. The third kappa shape index (κ3) is 3.77. The molecule has 0 aliphatic heterocycles. The highest BCUT2D eigenvalue weighted by atomic mass is 35.5. The summed E-state index contributed by atoms with van der Waals surface area (Å²) < 4.78 is 52.9. The van der Waals surface area contributed by atoms with Crippen molar-refractivity contribution in [3.8, 4) is 0 Å². The number of rotatable bonds is 5. The Bertz CT molecular complexity index is 749. The predicted octanol–water partition coefficient (Wildman–Crippen LogP) is 2.03. The van der Waals surface area contributed by atoms with Crippen LogP contribution in [-0.2, 0) is 10.0 Å². The topological polar surface area (TPSA) is 79.3 Å². The molecule has 118 valence electrons. The van der Waals surface area contributed by atoms with Gasteiger partial charge in [0.15, 0.2) is 0 Å². The number of benzene rings is 1. The normalized spacial score (nSPS) is 13.1. The molecule has 0 saturated heterocycles. The maximum Gasteiger partial charge on any atom is 0.242 e. The van der Waals surface area contributed by atoms with Crippen LogP contribution in [0.2, 0.25) is 5.15 Å². The second-order valence-corrected chi connectivity index (χ2v) is 6.47. The molecule has 22 heavy (non-hydrogen) atoms. The number of aliphatic hydroxyl groups excluding tert-OH is 1. The molecule has 1 unspecified atom stereocenters. The van der Waals surface area contributed by atoms with Crippen molar-refractivity contribution in [3.05, 3.63) is 58.9 Å². The van der Waals surface area contributed by atoms with E-state index < -0.39 is 39.9 Å². The standard InChI is InChI=1S/C13H11ClF2N2O3S/c14-12-5-4-8(6-17-12)22(20,21)18-7-11(19)13-9(15)2-1-3-10(13)16/h1-6,11,18-19H,7H2. The van der Waals surface area contributed by atoms with Crippen LogP contribution in [0.3, 0.4) is 0 Å². The number of hydrogen-bond acceptors (Lipinski definition) is 4. The van der Waals surface area contributed by atoms with Gasteiger partial charge in [0.2, 0.25) is 10.0 Å². The Balaban J connectivity index is 2.13. The summed E-state index contributed by atoms with van der Waals surface area (Å²) in [6.45, 7) is -0.594. The highest BCUT2D eigenvalue weighted by Crippen LogP contribution is 2.20. The zero-order valence-electron chi connectivity index (χ0n) is 11.0. The Labute approximate surface area is 130 Å². The van der Waals surface area contributed by atoms with Gasteiger partial charge in [-0.3, -0.25) is 0 Å². The smallest absolute Gasteiger partial charge is 0.242 e. The van der Waals surface area contributed by atoms with Crippen LogP contribution in [0.1, 0.15) is 11.7 Å². The zero-order chi connectivity index (χ0) is 16.3. The second kappa shape index (κ2) is 6.66. The summed E-state index contributed by atoms with van der Waals surface area (Å²) in [5.41, 5.74) is -0.598. The molecule has 1 atom stereocenters. The minimum atomic E-state index is -3.98. The SMILES string of the molecule is O=S(=O)(NCC(O)c1c(F)cccc1F)c1ccc(Cl)nc1. The van der Waals surface area contributed by atoms with Gasteiger partial charge in [0.25, 0.3) is 0 Å².